The van der Waals surface area contributed by atoms with E-state index in [9.17, 15) is 10.1 Å². The monoisotopic (exact) mass is 403 g/mol. The SMILES string of the molecule is N#C/C(=C\c1ccc(Sc2nc3ccccc3s2)o1)C(=O)Nc1ccccc1. The first-order chi connectivity index (χ1) is 13.7. The molecule has 136 valence electrons. The Morgan fingerprint density at radius 3 is 2.68 bits per heavy atom. The van der Waals surface area contributed by atoms with E-state index in [2.05, 4.69) is 10.3 Å². The van der Waals surface area contributed by atoms with E-state index in [1.165, 1.54) is 17.8 Å². The van der Waals surface area contributed by atoms with Crippen LogP contribution in [0.25, 0.3) is 16.3 Å². The van der Waals surface area contributed by atoms with E-state index in [0.717, 1.165) is 14.6 Å². The van der Waals surface area contributed by atoms with Crippen molar-refractivity contribution in [2.45, 2.75) is 9.43 Å². The van der Waals surface area contributed by atoms with Crippen molar-refractivity contribution in [3.05, 3.63) is 78.1 Å². The third-order valence-corrected chi connectivity index (χ3v) is 5.77. The molecule has 28 heavy (non-hydrogen) atoms. The van der Waals surface area contributed by atoms with Crippen LogP contribution < -0.4 is 5.32 Å². The van der Waals surface area contributed by atoms with Crippen LogP contribution >= 0.6 is 23.1 Å². The van der Waals surface area contributed by atoms with Gasteiger partial charge in [0.25, 0.3) is 5.91 Å². The summed E-state index contributed by atoms with van der Waals surface area (Å²) < 4.78 is 7.72. The number of furan rings is 1. The summed E-state index contributed by atoms with van der Waals surface area (Å²) in [7, 11) is 0. The lowest BCUT2D eigenvalue weighted by Crippen LogP contribution is -2.13. The summed E-state index contributed by atoms with van der Waals surface area (Å²) in [6.07, 6.45) is 1.43. The molecule has 5 nitrogen and oxygen atoms in total. The number of fused-ring (bicyclic) bond motifs is 1. The lowest BCUT2D eigenvalue weighted by molar-refractivity contribution is -0.112. The second-order valence-electron chi connectivity index (χ2n) is 5.70. The molecule has 1 N–H and O–H groups in total. The van der Waals surface area contributed by atoms with Crippen LogP contribution in [0.5, 0.6) is 0 Å². The summed E-state index contributed by atoms with van der Waals surface area (Å²) in [6.45, 7) is 0. The maximum Gasteiger partial charge on any atom is 0.266 e. The number of nitriles is 1. The summed E-state index contributed by atoms with van der Waals surface area (Å²) in [5.74, 6) is -0.0474. The number of carbonyl (C=O) groups is 1. The molecule has 0 radical (unpaired) electrons. The fourth-order valence-corrected chi connectivity index (χ4v) is 4.43. The molecule has 7 heteroatoms. The van der Waals surface area contributed by atoms with Crippen LogP contribution in [0.2, 0.25) is 0 Å². The molecule has 0 fully saturated rings. The summed E-state index contributed by atoms with van der Waals surface area (Å²) in [5, 5.41) is 12.7. The zero-order chi connectivity index (χ0) is 19.3. The second kappa shape index (κ2) is 8.13. The van der Waals surface area contributed by atoms with E-state index in [4.69, 9.17) is 4.42 Å². The second-order valence-corrected chi connectivity index (χ2v) is 7.98. The van der Waals surface area contributed by atoms with E-state index in [1.54, 1.807) is 35.6 Å². The van der Waals surface area contributed by atoms with Crippen molar-refractivity contribution in [2.75, 3.05) is 5.32 Å². The Balaban J connectivity index is 1.49. The molecule has 2 aromatic carbocycles. The van der Waals surface area contributed by atoms with Crippen molar-refractivity contribution in [3.8, 4) is 6.07 Å². The molecular formula is C21H13N3O2S2. The smallest absolute Gasteiger partial charge is 0.266 e. The molecule has 2 heterocycles. The molecule has 4 rings (SSSR count). The standard InChI is InChI=1S/C21H13N3O2S2/c22-13-14(20(25)23-15-6-2-1-3-7-15)12-16-10-11-19(26-16)28-21-24-17-8-4-5-9-18(17)27-21/h1-12H,(H,23,25)/b14-12+. The van der Waals surface area contributed by atoms with Crippen LogP contribution in [0.4, 0.5) is 5.69 Å². The fourth-order valence-electron chi connectivity index (χ4n) is 2.46. The molecule has 0 aliphatic heterocycles. The van der Waals surface area contributed by atoms with Gasteiger partial charge in [0.1, 0.15) is 17.4 Å². The number of amides is 1. The summed E-state index contributed by atoms with van der Waals surface area (Å²) in [5.41, 5.74) is 1.54. The molecule has 0 saturated heterocycles. The van der Waals surface area contributed by atoms with Gasteiger partial charge in [0.05, 0.1) is 10.2 Å². The number of thiazole rings is 1. The highest BCUT2D eigenvalue weighted by atomic mass is 32.2. The first-order valence-electron chi connectivity index (χ1n) is 8.33. The van der Waals surface area contributed by atoms with Crippen LogP contribution in [0.3, 0.4) is 0 Å². The number of hydrogen-bond acceptors (Lipinski definition) is 6. The predicted molar refractivity (Wildman–Crippen MR) is 111 cm³/mol. The van der Waals surface area contributed by atoms with Crippen molar-refractivity contribution in [3.63, 3.8) is 0 Å². The van der Waals surface area contributed by atoms with Gasteiger partial charge < -0.3 is 9.73 Å². The number of carbonyl (C=O) groups excluding carboxylic acids is 1. The van der Waals surface area contributed by atoms with Gasteiger partial charge in [-0.05, 0) is 48.2 Å². The van der Waals surface area contributed by atoms with E-state index in [-0.39, 0.29) is 5.57 Å². The molecule has 0 aliphatic rings. The maximum absolute atomic E-state index is 12.3. The van der Waals surface area contributed by atoms with E-state index < -0.39 is 5.91 Å². The molecule has 0 unspecified atom stereocenters. The summed E-state index contributed by atoms with van der Waals surface area (Å²) in [6, 6.07) is 22.4. The van der Waals surface area contributed by atoms with Crippen LogP contribution in [-0.2, 0) is 4.79 Å². The number of benzene rings is 2. The number of anilines is 1. The van der Waals surface area contributed by atoms with Crippen LogP contribution in [0, 0.1) is 11.3 Å². The third-order valence-electron chi connectivity index (χ3n) is 3.75. The van der Waals surface area contributed by atoms with Gasteiger partial charge in [0, 0.05) is 11.8 Å². The highest BCUT2D eigenvalue weighted by Gasteiger charge is 2.12. The van der Waals surface area contributed by atoms with Crippen molar-refractivity contribution in [1.82, 2.24) is 4.98 Å². The van der Waals surface area contributed by atoms with E-state index in [1.807, 2.05) is 48.5 Å². The number of aromatic nitrogens is 1. The first kappa shape index (κ1) is 18.0. The Morgan fingerprint density at radius 2 is 1.89 bits per heavy atom. The number of rotatable bonds is 5. The Kier molecular flexibility index (Phi) is 5.24. The molecule has 0 aliphatic carbocycles. The molecule has 0 bridgehead atoms. The average molecular weight is 403 g/mol. The predicted octanol–water partition coefficient (Wildman–Crippen LogP) is 5.59. The molecule has 1 amide bonds. The molecular weight excluding hydrogens is 390 g/mol. The van der Waals surface area contributed by atoms with Crippen LogP contribution in [0.1, 0.15) is 5.76 Å². The molecule has 0 atom stereocenters. The number of para-hydroxylation sites is 2. The van der Waals surface area contributed by atoms with Gasteiger partial charge in [-0.1, -0.05) is 30.3 Å². The van der Waals surface area contributed by atoms with Gasteiger partial charge in [0.15, 0.2) is 9.43 Å². The Bertz CT molecular complexity index is 1170. The van der Waals surface area contributed by atoms with Crippen LogP contribution in [-0.4, -0.2) is 10.9 Å². The highest BCUT2D eigenvalue weighted by molar-refractivity contribution is 8.01. The lowest BCUT2D eigenvalue weighted by atomic mass is 10.2. The molecule has 0 saturated carbocycles. The van der Waals surface area contributed by atoms with Crippen molar-refractivity contribution < 1.29 is 9.21 Å². The first-order valence-corrected chi connectivity index (χ1v) is 9.96. The number of nitrogens with one attached hydrogen (secondary N) is 1. The summed E-state index contributed by atoms with van der Waals surface area (Å²) in [4.78, 5) is 16.8. The van der Waals surface area contributed by atoms with Gasteiger partial charge in [-0.25, -0.2) is 4.98 Å². The highest BCUT2D eigenvalue weighted by Crippen LogP contribution is 2.35. The zero-order valence-corrected chi connectivity index (χ0v) is 16.1. The van der Waals surface area contributed by atoms with Gasteiger partial charge >= 0.3 is 0 Å². The largest absolute Gasteiger partial charge is 0.450 e. The zero-order valence-electron chi connectivity index (χ0n) is 14.5. The van der Waals surface area contributed by atoms with Crippen LogP contribution in [0.15, 0.2) is 86.2 Å². The average Bonchev–Trinajstić information content (AvgIpc) is 3.33. The number of hydrogen-bond donors (Lipinski definition) is 1. The maximum atomic E-state index is 12.3. The minimum Gasteiger partial charge on any atom is -0.450 e. The minimum absolute atomic E-state index is 0.0326. The van der Waals surface area contributed by atoms with E-state index in [0.29, 0.717) is 16.5 Å². The Hall–Kier alpha value is -3.34. The Labute approximate surface area is 169 Å². The van der Waals surface area contributed by atoms with Crippen molar-refractivity contribution >= 4 is 51.0 Å². The normalized spacial score (nSPS) is 11.3. The van der Waals surface area contributed by atoms with Gasteiger partial charge in [-0.2, -0.15) is 5.26 Å². The molecule has 0 spiro atoms. The van der Waals surface area contributed by atoms with E-state index >= 15 is 0 Å². The van der Waals surface area contributed by atoms with Crippen molar-refractivity contribution in [2.24, 2.45) is 0 Å². The Morgan fingerprint density at radius 1 is 1.11 bits per heavy atom. The molecule has 2 aromatic heterocycles. The number of nitrogens with zero attached hydrogens (tertiary/aromatic N) is 2. The van der Waals surface area contributed by atoms with Gasteiger partial charge in [-0.15, -0.1) is 11.3 Å². The quantitative estimate of drug-likeness (QED) is 0.347. The molecule has 4 aromatic rings. The fraction of sp³-hybridized carbons (Fsp3) is 0. The third kappa shape index (κ3) is 4.14. The van der Waals surface area contributed by atoms with Gasteiger partial charge in [-0.3, -0.25) is 4.79 Å². The van der Waals surface area contributed by atoms with Gasteiger partial charge in [0.2, 0.25) is 0 Å². The lowest BCUT2D eigenvalue weighted by Gasteiger charge is -2.02. The minimum atomic E-state index is -0.481. The topological polar surface area (TPSA) is 78.9 Å². The summed E-state index contributed by atoms with van der Waals surface area (Å²) >= 11 is 2.99. The van der Waals surface area contributed by atoms with Crippen molar-refractivity contribution in [1.29, 1.82) is 5.26 Å².